The third-order valence-corrected chi connectivity index (χ3v) is 6.76. The average Bonchev–Trinajstić information content (AvgIpc) is 2.85. The predicted molar refractivity (Wildman–Crippen MR) is 129 cm³/mol. The van der Waals surface area contributed by atoms with Crippen LogP contribution >= 0.6 is 11.6 Å². The lowest BCUT2D eigenvalue weighted by atomic mass is 9.91. The molecule has 0 aromatic heterocycles. The number of benzene rings is 2. The molecule has 1 spiro atoms. The maximum absolute atomic E-state index is 13.2. The SMILES string of the molecule is Cc1cc(OCC(=O)N2CCOC3(CCCCc4ccccc4OCCNC3=O)C2)ccc1Cl. The number of fused-ring (bicyclic) bond motifs is 1. The second kappa shape index (κ2) is 11.1. The van der Waals surface area contributed by atoms with E-state index in [1.54, 1.807) is 23.1 Å². The molecule has 1 N–H and O–H groups in total. The summed E-state index contributed by atoms with van der Waals surface area (Å²) in [6.45, 7) is 3.45. The summed E-state index contributed by atoms with van der Waals surface area (Å²) in [6, 6.07) is 13.3. The topological polar surface area (TPSA) is 77.1 Å². The van der Waals surface area contributed by atoms with Crippen LogP contribution in [0.4, 0.5) is 0 Å². The molecule has 2 aliphatic heterocycles. The summed E-state index contributed by atoms with van der Waals surface area (Å²) < 4.78 is 17.6. The van der Waals surface area contributed by atoms with Gasteiger partial charge in [-0.1, -0.05) is 29.8 Å². The molecule has 34 heavy (non-hydrogen) atoms. The van der Waals surface area contributed by atoms with E-state index >= 15 is 0 Å². The molecule has 4 rings (SSSR count). The zero-order chi connectivity index (χ0) is 24.0. The third-order valence-electron chi connectivity index (χ3n) is 6.34. The maximum atomic E-state index is 13.2. The molecule has 1 unspecified atom stereocenters. The molecule has 2 aromatic carbocycles. The van der Waals surface area contributed by atoms with E-state index in [0.717, 1.165) is 30.6 Å². The Bertz CT molecular complexity index is 1030. The minimum atomic E-state index is -1.07. The van der Waals surface area contributed by atoms with Gasteiger partial charge in [-0.2, -0.15) is 0 Å². The molecule has 2 heterocycles. The third kappa shape index (κ3) is 5.83. The number of rotatable bonds is 3. The Morgan fingerprint density at radius 1 is 1.21 bits per heavy atom. The van der Waals surface area contributed by atoms with Crippen LogP contribution < -0.4 is 14.8 Å². The van der Waals surface area contributed by atoms with E-state index in [2.05, 4.69) is 11.4 Å². The molecule has 0 aliphatic carbocycles. The van der Waals surface area contributed by atoms with Gasteiger partial charge in [0, 0.05) is 11.6 Å². The Hall–Kier alpha value is -2.77. The highest BCUT2D eigenvalue weighted by Crippen LogP contribution is 2.28. The molecule has 2 amide bonds. The summed E-state index contributed by atoms with van der Waals surface area (Å²) in [6.07, 6.45) is 3.10. The van der Waals surface area contributed by atoms with Crippen molar-refractivity contribution in [2.45, 2.75) is 38.2 Å². The van der Waals surface area contributed by atoms with Gasteiger partial charge in [0.25, 0.3) is 11.8 Å². The van der Waals surface area contributed by atoms with Gasteiger partial charge in [-0.3, -0.25) is 9.59 Å². The van der Waals surface area contributed by atoms with Gasteiger partial charge in [-0.05, 0) is 68.0 Å². The van der Waals surface area contributed by atoms with Gasteiger partial charge < -0.3 is 24.4 Å². The lowest BCUT2D eigenvalue weighted by Gasteiger charge is -2.41. The highest BCUT2D eigenvalue weighted by Gasteiger charge is 2.44. The first kappa shape index (κ1) is 24.4. The van der Waals surface area contributed by atoms with Gasteiger partial charge in [0.15, 0.2) is 12.2 Å². The largest absolute Gasteiger partial charge is 0.491 e. The van der Waals surface area contributed by atoms with E-state index in [4.69, 9.17) is 25.8 Å². The highest BCUT2D eigenvalue weighted by atomic mass is 35.5. The number of morpholine rings is 1. The standard InChI is InChI=1S/C26H31ClN2O5/c1-19-16-21(9-10-22(19)27)33-17-24(30)29-13-15-34-26(18-29)11-5-4-7-20-6-2-3-8-23(20)32-14-12-28-25(26)31/h2-3,6,8-10,16H,4-5,7,11-15,17-18H2,1H3,(H,28,31). The minimum Gasteiger partial charge on any atom is -0.491 e. The molecular formula is C26H31ClN2O5. The zero-order valence-electron chi connectivity index (χ0n) is 19.5. The number of carbonyl (C=O) groups excluding carboxylic acids is 2. The van der Waals surface area contributed by atoms with Crippen LogP contribution in [0.1, 0.15) is 30.4 Å². The molecule has 0 bridgehead atoms. The molecule has 0 radical (unpaired) electrons. The number of hydrogen-bond acceptors (Lipinski definition) is 5. The summed E-state index contributed by atoms with van der Waals surface area (Å²) in [4.78, 5) is 27.8. The molecule has 1 fully saturated rings. The van der Waals surface area contributed by atoms with Crippen LogP contribution in [0.3, 0.4) is 0 Å². The van der Waals surface area contributed by atoms with Crippen LogP contribution in [0.25, 0.3) is 0 Å². The molecule has 2 aliphatic rings. The molecular weight excluding hydrogens is 456 g/mol. The fraction of sp³-hybridized carbons (Fsp3) is 0.462. The summed E-state index contributed by atoms with van der Waals surface area (Å²) in [5, 5.41) is 3.60. The number of carbonyl (C=O) groups is 2. The van der Waals surface area contributed by atoms with Crippen molar-refractivity contribution in [2.24, 2.45) is 0 Å². The van der Waals surface area contributed by atoms with Crippen LogP contribution in [0, 0.1) is 6.92 Å². The maximum Gasteiger partial charge on any atom is 0.260 e. The van der Waals surface area contributed by atoms with Gasteiger partial charge in [0.1, 0.15) is 18.1 Å². The molecule has 1 atom stereocenters. The smallest absolute Gasteiger partial charge is 0.260 e. The normalized spacial score (nSPS) is 21.5. The lowest BCUT2D eigenvalue weighted by molar-refractivity contribution is -0.168. The Labute approximate surface area is 205 Å². The minimum absolute atomic E-state index is 0.108. The molecule has 1 saturated heterocycles. The van der Waals surface area contributed by atoms with Crippen molar-refractivity contribution in [1.82, 2.24) is 10.2 Å². The lowest BCUT2D eigenvalue weighted by Crippen LogP contribution is -2.61. The molecule has 7 nitrogen and oxygen atoms in total. The average molecular weight is 487 g/mol. The molecule has 8 heteroatoms. The van der Waals surface area contributed by atoms with Gasteiger partial charge in [-0.15, -0.1) is 0 Å². The van der Waals surface area contributed by atoms with E-state index in [0.29, 0.717) is 43.5 Å². The fourth-order valence-electron chi connectivity index (χ4n) is 4.41. The van der Waals surface area contributed by atoms with E-state index in [1.165, 1.54) is 5.56 Å². The van der Waals surface area contributed by atoms with E-state index in [-0.39, 0.29) is 25.0 Å². The Morgan fingerprint density at radius 2 is 2.06 bits per heavy atom. The van der Waals surface area contributed by atoms with E-state index in [9.17, 15) is 9.59 Å². The number of amides is 2. The Morgan fingerprint density at radius 3 is 2.91 bits per heavy atom. The van der Waals surface area contributed by atoms with Crippen LogP contribution in [0.15, 0.2) is 42.5 Å². The van der Waals surface area contributed by atoms with E-state index in [1.807, 2.05) is 25.1 Å². The van der Waals surface area contributed by atoms with Crippen LogP contribution in [-0.2, 0) is 20.7 Å². The van der Waals surface area contributed by atoms with Crippen LogP contribution in [-0.4, -0.2) is 61.8 Å². The first-order valence-electron chi connectivity index (χ1n) is 11.8. The number of nitrogens with zero attached hydrogens (tertiary/aromatic N) is 1. The number of para-hydroxylation sites is 1. The Balaban J connectivity index is 1.40. The monoisotopic (exact) mass is 486 g/mol. The zero-order valence-corrected chi connectivity index (χ0v) is 20.2. The predicted octanol–water partition coefficient (Wildman–Crippen LogP) is 3.55. The number of ether oxygens (including phenoxy) is 3. The van der Waals surface area contributed by atoms with Crippen molar-refractivity contribution < 1.29 is 23.8 Å². The Kier molecular flexibility index (Phi) is 7.95. The number of hydrogen-bond donors (Lipinski definition) is 1. The van der Waals surface area contributed by atoms with Crippen molar-refractivity contribution in [1.29, 1.82) is 0 Å². The van der Waals surface area contributed by atoms with Gasteiger partial charge in [0.05, 0.1) is 19.7 Å². The summed E-state index contributed by atoms with van der Waals surface area (Å²) in [5.41, 5.74) is 0.983. The summed E-state index contributed by atoms with van der Waals surface area (Å²) >= 11 is 6.06. The van der Waals surface area contributed by atoms with Crippen molar-refractivity contribution in [3.63, 3.8) is 0 Å². The number of aryl methyl sites for hydroxylation is 2. The summed E-state index contributed by atoms with van der Waals surface area (Å²) in [5.74, 6) is 1.08. The highest BCUT2D eigenvalue weighted by molar-refractivity contribution is 6.31. The van der Waals surface area contributed by atoms with Gasteiger partial charge >= 0.3 is 0 Å². The van der Waals surface area contributed by atoms with Crippen LogP contribution in [0.5, 0.6) is 11.5 Å². The fourth-order valence-corrected chi connectivity index (χ4v) is 4.52. The first-order chi connectivity index (χ1) is 16.5. The number of halogens is 1. The van der Waals surface area contributed by atoms with Crippen molar-refractivity contribution in [2.75, 3.05) is 39.5 Å². The molecule has 2 aromatic rings. The molecule has 182 valence electrons. The van der Waals surface area contributed by atoms with Crippen LogP contribution in [0.2, 0.25) is 5.02 Å². The molecule has 0 saturated carbocycles. The quantitative estimate of drug-likeness (QED) is 0.718. The van der Waals surface area contributed by atoms with Gasteiger partial charge in [0.2, 0.25) is 0 Å². The number of nitrogens with one attached hydrogen (secondary N) is 1. The summed E-state index contributed by atoms with van der Waals surface area (Å²) in [7, 11) is 0. The van der Waals surface area contributed by atoms with Gasteiger partial charge in [-0.25, -0.2) is 0 Å². The first-order valence-corrected chi connectivity index (χ1v) is 12.1. The van der Waals surface area contributed by atoms with E-state index < -0.39 is 5.60 Å². The van der Waals surface area contributed by atoms with Crippen molar-refractivity contribution >= 4 is 23.4 Å². The van der Waals surface area contributed by atoms with Crippen molar-refractivity contribution in [3.8, 4) is 11.5 Å². The second-order valence-corrected chi connectivity index (χ2v) is 9.18. The van der Waals surface area contributed by atoms with Crippen molar-refractivity contribution in [3.05, 3.63) is 58.6 Å². The second-order valence-electron chi connectivity index (χ2n) is 8.78.